The highest BCUT2D eigenvalue weighted by Crippen LogP contribution is 2.37. The molecule has 2 N–H and O–H groups in total. The normalized spacial score (nSPS) is 14.8. The van der Waals surface area contributed by atoms with Crippen LogP contribution in [0.4, 0.5) is 9.93 Å². The van der Waals surface area contributed by atoms with Gasteiger partial charge in [0, 0.05) is 11.3 Å². The molecule has 0 aromatic carbocycles. The van der Waals surface area contributed by atoms with Crippen LogP contribution in [0.25, 0.3) is 0 Å². The maximum absolute atomic E-state index is 11.7. The molecule has 106 valence electrons. The van der Waals surface area contributed by atoms with Gasteiger partial charge in [0.25, 0.3) is 0 Å². The topological polar surface area (TPSA) is 92.9 Å². The molecule has 1 saturated carbocycles. The van der Waals surface area contributed by atoms with E-state index < -0.39 is 0 Å². The smallest absolute Gasteiger partial charge is 0.321 e. The van der Waals surface area contributed by atoms with Crippen LogP contribution in [-0.2, 0) is 6.54 Å². The molecule has 2 aromatic heterocycles. The zero-order valence-electron chi connectivity index (χ0n) is 11.0. The van der Waals surface area contributed by atoms with Crippen LogP contribution in [0, 0.1) is 6.92 Å². The van der Waals surface area contributed by atoms with E-state index >= 15 is 0 Å². The highest BCUT2D eigenvalue weighted by molar-refractivity contribution is 7.13. The molecule has 2 amide bonds. The van der Waals surface area contributed by atoms with Crippen molar-refractivity contribution in [3.05, 3.63) is 22.5 Å². The molecule has 0 bridgehead atoms. The number of amides is 2. The van der Waals surface area contributed by atoms with Gasteiger partial charge in [0.15, 0.2) is 5.13 Å². The second-order valence-electron chi connectivity index (χ2n) is 4.81. The van der Waals surface area contributed by atoms with Crippen molar-refractivity contribution in [2.24, 2.45) is 0 Å². The van der Waals surface area contributed by atoms with E-state index in [2.05, 4.69) is 30.6 Å². The Morgan fingerprint density at radius 2 is 2.35 bits per heavy atom. The Morgan fingerprint density at radius 1 is 1.50 bits per heavy atom. The van der Waals surface area contributed by atoms with Crippen LogP contribution in [0.5, 0.6) is 0 Å². The summed E-state index contributed by atoms with van der Waals surface area (Å²) in [6.07, 6.45) is 3.68. The van der Waals surface area contributed by atoms with Crippen LogP contribution < -0.4 is 10.6 Å². The standard InChI is InChI=1S/C12H15N5O2S/c1-7-9(17-19-16-7)5-13-11(18)15-12-14-10(6-20-12)8-3-2-4-8/h6,8H,2-5H2,1H3,(H2,13,14,15,18). The molecule has 0 atom stereocenters. The number of hydrogen-bond donors (Lipinski definition) is 2. The van der Waals surface area contributed by atoms with E-state index in [4.69, 9.17) is 0 Å². The minimum atomic E-state index is -0.304. The number of aromatic nitrogens is 3. The summed E-state index contributed by atoms with van der Waals surface area (Å²) in [6.45, 7) is 2.05. The monoisotopic (exact) mass is 293 g/mol. The number of thiazole rings is 1. The molecular weight excluding hydrogens is 278 g/mol. The Bertz CT molecular complexity index is 605. The van der Waals surface area contributed by atoms with Crippen molar-refractivity contribution in [1.82, 2.24) is 20.6 Å². The molecule has 2 heterocycles. The first-order valence-electron chi connectivity index (χ1n) is 6.50. The average Bonchev–Trinajstić information content (AvgIpc) is 2.94. The first kappa shape index (κ1) is 13.0. The summed E-state index contributed by atoms with van der Waals surface area (Å²) in [6, 6.07) is -0.304. The molecule has 1 aliphatic carbocycles. The van der Waals surface area contributed by atoms with E-state index in [9.17, 15) is 4.79 Å². The van der Waals surface area contributed by atoms with Crippen LogP contribution in [-0.4, -0.2) is 21.3 Å². The van der Waals surface area contributed by atoms with Crippen molar-refractivity contribution >= 4 is 22.5 Å². The molecule has 0 unspecified atom stereocenters. The number of nitrogens with one attached hydrogen (secondary N) is 2. The lowest BCUT2D eigenvalue weighted by molar-refractivity contribution is 0.251. The van der Waals surface area contributed by atoms with Gasteiger partial charge in [0.05, 0.1) is 12.2 Å². The van der Waals surface area contributed by atoms with E-state index in [-0.39, 0.29) is 12.6 Å². The third-order valence-electron chi connectivity index (χ3n) is 3.43. The predicted octanol–water partition coefficient (Wildman–Crippen LogP) is 2.42. The molecule has 2 aromatic rings. The number of aryl methyl sites for hydroxylation is 1. The second kappa shape index (κ2) is 5.58. The molecule has 1 fully saturated rings. The molecule has 1 aliphatic rings. The number of hydrogen-bond acceptors (Lipinski definition) is 6. The largest absolute Gasteiger partial charge is 0.332 e. The van der Waals surface area contributed by atoms with E-state index in [1.54, 1.807) is 6.92 Å². The first-order valence-corrected chi connectivity index (χ1v) is 7.38. The molecule has 0 saturated heterocycles. The van der Waals surface area contributed by atoms with Crippen LogP contribution in [0.15, 0.2) is 10.0 Å². The van der Waals surface area contributed by atoms with Gasteiger partial charge in [-0.3, -0.25) is 5.32 Å². The molecule has 8 heteroatoms. The van der Waals surface area contributed by atoms with Crippen molar-refractivity contribution in [2.75, 3.05) is 5.32 Å². The van der Waals surface area contributed by atoms with Gasteiger partial charge in [-0.05, 0) is 19.8 Å². The SMILES string of the molecule is Cc1nonc1CNC(=O)Nc1nc(C2CCC2)cs1. The summed E-state index contributed by atoms with van der Waals surface area (Å²) in [7, 11) is 0. The van der Waals surface area contributed by atoms with Crippen LogP contribution in [0.2, 0.25) is 0 Å². The van der Waals surface area contributed by atoms with Gasteiger partial charge >= 0.3 is 6.03 Å². The Kier molecular flexibility index (Phi) is 3.64. The second-order valence-corrected chi connectivity index (χ2v) is 5.67. The van der Waals surface area contributed by atoms with Gasteiger partial charge in [-0.25, -0.2) is 14.4 Å². The summed E-state index contributed by atoms with van der Waals surface area (Å²) < 4.78 is 4.56. The Balaban J connectivity index is 1.51. The molecule has 0 spiro atoms. The summed E-state index contributed by atoms with van der Waals surface area (Å²) >= 11 is 1.45. The van der Waals surface area contributed by atoms with E-state index in [1.807, 2.05) is 5.38 Å². The quantitative estimate of drug-likeness (QED) is 0.903. The number of anilines is 1. The zero-order chi connectivity index (χ0) is 13.9. The molecule has 7 nitrogen and oxygen atoms in total. The average molecular weight is 293 g/mol. The summed E-state index contributed by atoms with van der Waals surface area (Å²) in [5, 5.41) is 15.4. The van der Waals surface area contributed by atoms with Crippen molar-refractivity contribution in [2.45, 2.75) is 38.6 Å². The summed E-state index contributed by atoms with van der Waals surface area (Å²) in [5.41, 5.74) is 2.38. The first-order chi connectivity index (χ1) is 9.72. The minimum absolute atomic E-state index is 0.280. The third-order valence-corrected chi connectivity index (χ3v) is 4.20. The zero-order valence-corrected chi connectivity index (χ0v) is 11.9. The van der Waals surface area contributed by atoms with Gasteiger partial charge in [0.1, 0.15) is 11.4 Å². The number of nitrogens with zero attached hydrogens (tertiary/aromatic N) is 3. The molecule has 0 radical (unpaired) electrons. The Hall–Kier alpha value is -1.96. The van der Waals surface area contributed by atoms with E-state index in [0.29, 0.717) is 22.4 Å². The highest BCUT2D eigenvalue weighted by Gasteiger charge is 2.22. The maximum atomic E-state index is 11.7. The highest BCUT2D eigenvalue weighted by atomic mass is 32.1. The fourth-order valence-corrected chi connectivity index (χ4v) is 2.74. The Labute approximate surface area is 119 Å². The van der Waals surface area contributed by atoms with Crippen LogP contribution in [0.1, 0.15) is 42.3 Å². The maximum Gasteiger partial charge on any atom is 0.321 e. The number of rotatable bonds is 4. The molecule has 0 aliphatic heterocycles. The van der Waals surface area contributed by atoms with Crippen molar-refractivity contribution in [3.8, 4) is 0 Å². The number of carbonyl (C=O) groups is 1. The number of carbonyl (C=O) groups excluding carboxylic acids is 1. The lowest BCUT2D eigenvalue weighted by Gasteiger charge is -2.22. The molecule has 20 heavy (non-hydrogen) atoms. The van der Waals surface area contributed by atoms with Gasteiger partial charge < -0.3 is 5.32 Å². The molecule has 3 rings (SSSR count). The van der Waals surface area contributed by atoms with Gasteiger partial charge in [-0.1, -0.05) is 16.7 Å². The van der Waals surface area contributed by atoms with Gasteiger partial charge in [0.2, 0.25) is 0 Å². The van der Waals surface area contributed by atoms with Crippen LogP contribution >= 0.6 is 11.3 Å². The molecular formula is C12H15N5O2S. The van der Waals surface area contributed by atoms with Gasteiger partial charge in [-0.15, -0.1) is 11.3 Å². The van der Waals surface area contributed by atoms with Gasteiger partial charge in [-0.2, -0.15) is 0 Å². The summed E-state index contributed by atoms with van der Waals surface area (Å²) in [4.78, 5) is 16.2. The predicted molar refractivity (Wildman–Crippen MR) is 73.6 cm³/mol. The minimum Gasteiger partial charge on any atom is -0.332 e. The number of urea groups is 1. The lowest BCUT2D eigenvalue weighted by Crippen LogP contribution is -2.28. The van der Waals surface area contributed by atoms with Crippen LogP contribution in [0.3, 0.4) is 0 Å². The third kappa shape index (κ3) is 2.79. The van der Waals surface area contributed by atoms with E-state index in [0.717, 1.165) is 5.69 Å². The fraction of sp³-hybridized carbons (Fsp3) is 0.500. The van der Waals surface area contributed by atoms with Crippen molar-refractivity contribution in [3.63, 3.8) is 0 Å². The Morgan fingerprint density at radius 3 is 3.00 bits per heavy atom. The van der Waals surface area contributed by atoms with Crippen molar-refractivity contribution in [1.29, 1.82) is 0 Å². The lowest BCUT2D eigenvalue weighted by atomic mass is 9.83. The van der Waals surface area contributed by atoms with E-state index in [1.165, 1.54) is 30.6 Å². The van der Waals surface area contributed by atoms with Crippen molar-refractivity contribution < 1.29 is 9.42 Å². The fourth-order valence-electron chi connectivity index (χ4n) is 1.95. The summed E-state index contributed by atoms with van der Waals surface area (Å²) in [5.74, 6) is 0.578.